The average Bonchev–Trinajstić information content (AvgIpc) is 2.74. The van der Waals surface area contributed by atoms with E-state index in [-0.39, 0.29) is 18.2 Å². The zero-order valence-corrected chi connectivity index (χ0v) is 17.2. The molecule has 5 nitrogen and oxygen atoms in total. The lowest BCUT2D eigenvalue weighted by Crippen LogP contribution is -2.30. The average molecular weight is 394 g/mol. The fourth-order valence-electron chi connectivity index (χ4n) is 3.64. The molecule has 2 amide bonds. The van der Waals surface area contributed by atoms with E-state index in [2.05, 4.69) is 39.8 Å². The highest BCUT2D eigenvalue weighted by atomic mass is 16.2. The molecule has 0 saturated carbocycles. The highest BCUT2D eigenvalue weighted by Crippen LogP contribution is 2.13. The van der Waals surface area contributed by atoms with Gasteiger partial charge in [-0.2, -0.15) is 0 Å². The van der Waals surface area contributed by atoms with Crippen molar-refractivity contribution < 1.29 is 9.59 Å². The summed E-state index contributed by atoms with van der Waals surface area (Å²) in [6.45, 7) is 6.13. The molecule has 154 valence electrons. The summed E-state index contributed by atoms with van der Waals surface area (Å²) in [6.07, 6.45) is 4.22. The van der Waals surface area contributed by atoms with Gasteiger partial charge in [0.25, 0.3) is 5.91 Å². The van der Waals surface area contributed by atoms with Crippen LogP contribution in [0.1, 0.15) is 52.7 Å². The molecule has 0 aromatic heterocycles. The Balaban J connectivity index is 1.35. The number of hydrogen-bond donors (Lipinski definition) is 2. The standard InChI is InChI=1S/C24H31N3O2/c1-19-7-3-4-8-22(19)24(29)25-14-13-23(28)26-17-20-9-11-21(12-10-20)18-27-15-5-2-6-16-27/h3-4,7-12H,2,5-6,13-18H2,1H3,(H,25,29)(H,26,28). The normalized spacial score (nSPS) is 14.4. The molecule has 3 rings (SSSR count). The van der Waals surface area contributed by atoms with Crippen LogP contribution in [0.2, 0.25) is 0 Å². The molecule has 2 aromatic rings. The number of nitrogens with zero attached hydrogens (tertiary/aromatic N) is 1. The maximum atomic E-state index is 12.2. The molecule has 2 N–H and O–H groups in total. The van der Waals surface area contributed by atoms with Gasteiger partial charge in [-0.05, 0) is 55.6 Å². The lowest BCUT2D eigenvalue weighted by atomic mass is 10.1. The van der Waals surface area contributed by atoms with Crippen LogP contribution in [0.25, 0.3) is 0 Å². The number of nitrogens with one attached hydrogen (secondary N) is 2. The first-order valence-electron chi connectivity index (χ1n) is 10.5. The summed E-state index contributed by atoms with van der Waals surface area (Å²) in [5.74, 6) is -0.201. The van der Waals surface area contributed by atoms with Crippen molar-refractivity contribution in [3.63, 3.8) is 0 Å². The van der Waals surface area contributed by atoms with E-state index >= 15 is 0 Å². The molecule has 1 heterocycles. The summed E-state index contributed by atoms with van der Waals surface area (Å²) < 4.78 is 0. The molecular formula is C24H31N3O2. The van der Waals surface area contributed by atoms with Gasteiger partial charge in [-0.3, -0.25) is 14.5 Å². The van der Waals surface area contributed by atoms with Gasteiger partial charge in [0.05, 0.1) is 0 Å². The Kier molecular flexibility index (Phi) is 7.82. The number of hydrogen-bond acceptors (Lipinski definition) is 3. The fourth-order valence-corrected chi connectivity index (χ4v) is 3.64. The third-order valence-electron chi connectivity index (χ3n) is 5.39. The van der Waals surface area contributed by atoms with E-state index < -0.39 is 0 Å². The Morgan fingerprint density at radius 2 is 1.59 bits per heavy atom. The van der Waals surface area contributed by atoms with E-state index in [0.717, 1.165) is 17.7 Å². The molecule has 1 fully saturated rings. The third-order valence-corrected chi connectivity index (χ3v) is 5.39. The van der Waals surface area contributed by atoms with Crippen LogP contribution < -0.4 is 10.6 Å². The molecule has 1 saturated heterocycles. The van der Waals surface area contributed by atoms with Crippen LogP contribution in [0.15, 0.2) is 48.5 Å². The summed E-state index contributed by atoms with van der Waals surface area (Å²) in [7, 11) is 0. The topological polar surface area (TPSA) is 61.4 Å². The van der Waals surface area contributed by atoms with Crippen molar-refractivity contribution in [2.24, 2.45) is 0 Å². The predicted molar refractivity (Wildman–Crippen MR) is 116 cm³/mol. The maximum absolute atomic E-state index is 12.2. The number of benzene rings is 2. The van der Waals surface area contributed by atoms with Gasteiger partial charge in [0.2, 0.25) is 5.91 Å². The van der Waals surface area contributed by atoms with Crippen LogP contribution in [0.5, 0.6) is 0 Å². The molecule has 0 unspecified atom stereocenters. The van der Waals surface area contributed by atoms with Gasteiger partial charge in [-0.25, -0.2) is 0 Å². The number of carbonyl (C=O) groups excluding carboxylic acids is 2. The number of carbonyl (C=O) groups is 2. The van der Waals surface area contributed by atoms with Crippen molar-refractivity contribution in [2.75, 3.05) is 19.6 Å². The number of likely N-dealkylation sites (tertiary alicyclic amines) is 1. The van der Waals surface area contributed by atoms with Crippen LogP contribution in [-0.2, 0) is 17.9 Å². The molecule has 0 aliphatic carbocycles. The molecule has 1 aliphatic rings. The Labute approximate surface area is 173 Å². The molecular weight excluding hydrogens is 362 g/mol. The molecule has 0 spiro atoms. The van der Waals surface area contributed by atoms with Gasteiger partial charge < -0.3 is 10.6 Å². The monoisotopic (exact) mass is 393 g/mol. The molecule has 5 heteroatoms. The minimum Gasteiger partial charge on any atom is -0.352 e. The maximum Gasteiger partial charge on any atom is 0.251 e. The molecule has 2 aromatic carbocycles. The first kappa shape index (κ1) is 21.1. The van der Waals surface area contributed by atoms with E-state index in [1.54, 1.807) is 6.07 Å². The summed E-state index contributed by atoms with van der Waals surface area (Å²) in [4.78, 5) is 26.7. The second kappa shape index (κ2) is 10.8. The second-order valence-corrected chi connectivity index (χ2v) is 7.75. The van der Waals surface area contributed by atoms with E-state index in [1.807, 2.05) is 25.1 Å². The summed E-state index contributed by atoms with van der Waals surface area (Å²) >= 11 is 0. The van der Waals surface area contributed by atoms with Crippen molar-refractivity contribution in [1.82, 2.24) is 15.5 Å². The van der Waals surface area contributed by atoms with E-state index in [1.165, 1.54) is 37.9 Å². The fraction of sp³-hybridized carbons (Fsp3) is 0.417. The van der Waals surface area contributed by atoms with E-state index in [9.17, 15) is 9.59 Å². The van der Waals surface area contributed by atoms with Gasteiger partial charge >= 0.3 is 0 Å². The zero-order chi connectivity index (χ0) is 20.5. The smallest absolute Gasteiger partial charge is 0.251 e. The number of aryl methyl sites for hydroxylation is 1. The van der Waals surface area contributed by atoms with Crippen LogP contribution in [-0.4, -0.2) is 36.3 Å². The number of rotatable bonds is 8. The number of piperidine rings is 1. The largest absolute Gasteiger partial charge is 0.352 e. The Morgan fingerprint density at radius 1 is 0.897 bits per heavy atom. The van der Waals surface area contributed by atoms with Crippen molar-refractivity contribution >= 4 is 11.8 Å². The lowest BCUT2D eigenvalue weighted by molar-refractivity contribution is -0.121. The third kappa shape index (κ3) is 6.71. The minimum absolute atomic E-state index is 0.0625. The second-order valence-electron chi connectivity index (χ2n) is 7.75. The van der Waals surface area contributed by atoms with Crippen LogP contribution >= 0.6 is 0 Å². The van der Waals surface area contributed by atoms with Crippen LogP contribution in [0.3, 0.4) is 0 Å². The van der Waals surface area contributed by atoms with Crippen molar-refractivity contribution in [2.45, 2.75) is 45.7 Å². The van der Waals surface area contributed by atoms with Gasteiger partial charge in [-0.15, -0.1) is 0 Å². The van der Waals surface area contributed by atoms with Crippen molar-refractivity contribution in [3.05, 3.63) is 70.8 Å². The van der Waals surface area contributed by atoms with Crippen molar-refractivity contribution in [1.29, 1.82) is 0 Å². The lowest BCUT2D eigenvalue weighted by Gasteiger charge is -2.26. The first-order chi connectivity index (χ1) is 14.1. The number of amides is 2. The van der Waals surface area contributed by atoms with Crippen LogP contribution in [0.4, 0.5) is 0 Å². The van der Waals surface area contributed by atoms with Gasteiger partial charge in [0, 0.05) is 31.6 Å². The summed E-state index contributed by atoms with van der Waals surface area (Å²) in [6, 6.07) is 15.9. The van der Waals surface area contributed by atoms with Gasteiger partial charge in [0.15, 0.2) is 0 Å². The van der Waals surface area contributed by atoms with Gasteiger partial charge in [0.1, 0.15) is 0 Å². The first-order valence-corrected chi connectivity index (χ1v) is 10.5. The molecule has 1 aliphatic heterocycles. The molecule has 0 atom stereocenters. The Bertz CT molecular complexity index is 811. The SMILES string of the molecule is Cc1ccccc1C(=O)NCCC(=O)NCc1ccc(CN2CCCCC2)cc1. The molecule has 0 bridgehead atoms. The summed E-state index contributed by atoms with van der Waals surface area (Å²) in [5, 5.41) is 5.73. The Hall–Kier alpha value is -2.66. The van der Waals surface area contributed by atoms with E-state index in [0.29, 0.717) is 18.7 Å². The predicted octanol–water partition coefficient (Wildman–Crippen LogP) is 3.42. The highest BCUT2D eigenvalue weighted by Gasteiger charge is 2.11. The molecule has 29 heavy (non-hydrogen) atoms. The minimum atomic E-state index is -0.139. The quantitative estimate of drug-likeness (QED) is 0.722. The van der Waals surface area contributed by atoms with Crippen LogP contribution in [0, 0.1) is 6.92 Å². The molecule has 0 radical (unpaired) electrons. The van der Waals surface area contributed by atoms with Crippen molar-refractivity contribution in [3.8, 4) is 0 Å². The summed E-state index contributed by atoms with van der Waals surface area (Å²) in [5.41, 5.74) is 3.99. The van der Waals surface area contributed by atoms with Gasteiger partial charge in [-0.1, -0.05) is 48.9 Å². The highest BCUT2D eigenvalue weighted by molar-refractivity contribution is 5.95. The van der Waals surface area contributed by atoms with E-state index in [4.69, 9.17) is 0 Å². The zero-order valence-electron chi connectivity index (χ0n) is 17.2. The Morgan fingerprint density at radius 3 is 2.31 bits per heavy atom.